The molecule has 1 aliphatic heterocycles. The van der Waals surface area contributed by atoms with Crippen molar-refractivity contribution < 1.29 is 14.3 Å². The number of amides is 1. The molecule has 1 aromatic rings. The second-order valence-electron chi connectivity index (χ2n) is 3.51. The van der Waals surface area contributed by atoms with E-state index in [1.54, 1.807) is 6.07 Å². The van der Waals surface area contributed by atoms with Crippen LogP contribution in [0.25, 0.3) is 0 Å². The Kier molecular flexibility index (Phi) is 2.93. The van der Waals surface area contributed by atoms with E-state index >= 15 is 0 Å². The quantitative estimate of drug-likeness (QED) is 0.356. The minimum absolute atomic E-state index is 0.230. The Balaban J connectivity index is 2.08. The third-order valence-corrected chi connectivity index (χ3v) is 2.37. The molecule has 0 aliphatic carbocycles. The van der Waals surface area contributed by atoms with E-state index in [1.807, 2.05) is 17.6 Å². The molecule has 2 rings (SSSR count). The average molecular weight is 223 g/mol. The van der Waals surface area contributed by atoms with E-state index < -0.39 is 11.9 Å². The van der Waals surface area contributed by atoms with Crippen LogP contribution in [0.15, 0.2) is 18.2 Å². The van der Waals surface area contributed by atoms with Gasteiger partial charge >= 0.3 is 0 Å². The molecule has 0 spiro atoms. The number of nitrogens with one attached hydrogen (secondary N) is 1. The zero-order valence-corrected chi connectivity index (χ0v) is 8.60. The van der Waals surface area contributed by atoms with Crippen LogP contribution in [0.4, 0.5) is 0 Å². The molecule has 0 radical (unpaired) electrons. The van der Waals surface area contributed by atoms with E-state index in [0.717, 1.165) is 5.56 Å². The van der Waals surface area contributed by atoms with Crippen LogP contribution >= 0.6 is 0 Å². The first kappa shape index (κ1) is 10.7. The summed E-state index contributed by atoms with van der Waals surface area (Å²) in [6.45, 7) is 0.230. The van der Waals surface area contributed by atoms with Crippen molar-refractivity contribution in [2.75, 3.05) is 6.79 Å². The average Bonchev–Trinajstić information content (AvgIpc) is 2.75. The molecule has 6 heteroatoms. The summed E-state index contributed by atoms with van der Waals surface area (Å²) in [5, 5.41) is 0. The van der Waals surface area contributed by atoms with Crippen LogP contribution in [0.1, 0.15) is 5.56 Å². The second-order valence-corrected chi connectivity index (χ2v) is 3.51. The van der Waals surface area contributed by atoms with Crippen molar-refractivity contribution in [3.05, 3.63) is 23.8 Å². The van der Waals surface area contributed by atoms with Crippen LogP contribution in [0, 0.1) is 0 Å². The number of fused-ring (bicyclic) bond motifs is 1. The molecule has 0 saturated carbocycles. The highest BCUT2D eigenvalue weighted by Gasteiger charge is 2.16. The number of hydrogen-bond donors (Lipinski definition) is 3. The smallest absolute Gasteiger partial charge is 0.251 e. The highest BCUT2D eigenvalue weighted by atomic mass is 16.7. The summed E-state index contributed by atoms with van der Waals surface area (Å²) < 4.78 is 10.4. The topological polar surface area (TPSA) is 99.6 Å². The lowest BCUT2D eigenvalue weighted by atomic mass is 10.1. The third-order valence-electron chi connectivity index (χ3n) is 2.37. The van der Waals surface area contributed by atoms with Crippen molar-refractivity contribution in [3.8, 4) is 11.5 Å². The first-order valence-electron chi connectivity index (χ1n) is 4.85. The van der Waals surface area contributed by atoms with Gasteiger partial charge in [-0.25, -0.2) is 5.84 Å². The van der Waals surface area contributed by atoms with Gasteiger partial charge in [-0.15, -0.1) is 0 Å². The van der Waals surface area contributed by atoms with Gasteiger partial charge < -0.3 is 15.2 Å². The highest BCUT2D eigenvalue weighted by molar-refractivity contribution is 5.81. The molecule has 1 aromatic carbocycles. The molecule has 0 bridgehead atoms. The van der Waals surface area contributed by atoms with Gasteiger partial charge in [0.1, 0.15) is 0 Å². The molecule has 0 saturated heterocycles. The first-order valence-corrected chi connectivity index (χ1v) is 4.85. The number of hydrazine groups is 1. The van der Waals surface area contributed by atoms with Gasteiger partial charge in [-0.05, 0) is 24.1 Å². The molecular formula is C10H13N3O3. The van der Waals surface area contributed by atoms with E-state index in [-0.39, 0.29) is 6.79 Å². The fourth-order valence-corrected chi connectivity index (χ4v) is 1.52. The summed E-state index contributed by atoms with van der Waals surface area (Å²) >= 11 is 0. The zero-order valence-electron chi connectivity index (χ0n) is 8.60. The fraction of sp³-hybridized carbons (Fsp3) is 0.300. The van der Waals surface area contributed by atoms with Crippen LogP contribution in [0.5, 0.6) is 11.5 Å². The van der Waals surface area contributed by atoms with E-state index in [0.29, 0.717) is 17.9 Å². The minimum Gasteiger partial charge on any atom is -0.454 e. The summed E-state index contributed by atoms with van der Waals surface area (Å²) in [6, 6.07) is 4.79. The Labute approximate surface area is 92.5 Å². The largest absolute Gasteiger partial charge is 0.454 e. The Morgan fingerprint density at radius 2 is 2.19 bits per heavy atom. The summed E-state index contributed by atoms with van der Waals surface area (Å²) in [5.41, 5.74) is 8.56. The Bertz CT molecular complexity index is 408. The lowest BCUT2D eigenvalue weighted by Crippen LogP contribution is -2.45. The molecule has 16 heavy (non-hydrogen) atoms. The van der Waals surface area contributed by atoms with E-state index in [1.165, 1.54) is 0 Å². The SMILES string of the molecule is NNC(=O)C(N)Cc1ccc2c(c1)OCO2. The number of carbonyl (C=O) groups is 1. The van der Waals surface area contributed by atoms with Gasteiger partial charge in [0.15, 0.2) is 11.5 Å². The molecule has 86 valence electrons. The van der Waals surface area contributed by atoms with Gasteiger partial charge in [0.25, 0.3) is 5.91 Å². The number of hydrogen-bond acceptors (Lipinski definition) is 5. The van der Waals surface area contributed by atoms with Crippen LogP contribution < -0.4 is 26.5 Å². The van der Waals surface area contributed by atoms with Gasteiger partial charge in [-0.3, -0.25) is 10.2 Å². The molecular weight excluding hydrogens is 210 g/mol. The molecule has 0 fully saturated rings. The standard InChI is InChI=1S/C10H13N3O3/c11-7(10(14)13-12)3-6-1-2-8-9(4-6)16-5-15-8/h1-2,4,7H,3,5,11-12H2,(H,13,14). The van der Waals surface area contributed by atoms with Crippen LogP contribution in [0.2, 0.25) is 0 Å². The molecule has 6 nitrogen and oxygen atoms in total. The zero-order chi connectivity index (χ0) is 11.5. The number of benzene rings is 1. The van der Waals surface area contributed by atoms with Gasteiger partial charge in [-0.1, -0.05) is 6.07 Å². The highest BCUT2D eigenvalue weighted by Crippen LogP contribution is 2.32. The first-order chi connectivity index (χ1) is 7.70. The summed E-state index contributed by atoms with van der Waals surface area (Å²) in [6.07, 6.45) is 0.402. The van der Waals surface area contributed by atoms with Gasteiger partial charge in [0, 0.05) is 0 Å². The van der Waals surface area contributed by atoms with Crippen molar-refractivity contribution in [1.29, 1.82) is 0 Å². The Morgan fingerprint density at radius 1 is 1.44 bits per heavy atom. The van der Waals surface area contributed by atoms with Crippen molar-refractivity contribution in [1.82, 2.24) is 5.43 Å². The number of nitrogens with two attached hydrogens (primary N) is 2. The maximum Gasteiger partial charge on any atom is 0.251 e. The molecule has 0 aromatic heterocycles. The Hall–Kier alpha value is -1.79. The molecule has 5 N–H and O–H groups in total. The molecule has 1 aliphatic rings. The van der Waals surface area contributed by atoms with E-state index in [2.05, 4.69) is 0 Å². The maximum absolute atomic E-state index is 11.1. The molecule has 1 atom stereocenters. The number of carbonyl (C=O) groups excluding carboxylic acids is 1. The van der Waals surface area contributed by atoms with Gasteiger partial charge in [-0.2, -0.15) is 0 Å². The van der Waals surface area contributed by atoms with Gasteiger partial charge in [0.2, 0.25) is 6.79 Å². The molecule has 1 amide bonds. The minimum atomic E-state index is -0.662. The van der Waals surface area contributed by atoms with Crippen molar-refractivity contribution in [3.63, 3.8) is 0 Å². The maximum atomic E-state index is 11.1. The van der Waals surface area contributed by atoms with E-state index in [9.17, 15) is 4.79 Å². The van der Waals surface area contributed by atoms with Crippen LogP contribution in [-0.4, -0.2) is 18.7 Å². The number of rotatable bonds is 3. The van der Waals surface area contributed by atoms with Crippen molar-refractivity contribution >= 4 is 5.91 Å². The summed E-state index contributed by atoms with van der Waals surface area (Å²) in [4.78, 5) is 11.1. The van der Waals surface area contributed by atoms with Crippen molar-refractivity contribution in [2.45, 2.75) is 12.5 Å². The fourth-order valence-electron chi connectivity index (χ4n) is 1.52. The molecule has 1 heterocycles. The van der Waals surface area contributed by atoms with E-state index in [4.69, 9.17) is 21.1 Å². The Morgan fingerprint density at radius 3 is 2.94 bits per heavy atom. The lowest BCUT2D eigenvalue weighted by molar-refractivity contribution is -0.122. The predicted octanol–water partition coefficient (Wildman–Crippen LogP) is -0.725. The van der Waals surface area contributed by atoms with Crippen molar-refractivity contribution in [2.24, 2.45) is 11.6 Å². The summed E-state index contributed by atoms with van der Waals surface area (Å²) in [7, 11) is 0. The van der Waals surface area contributed by atoms with Gasteiger partial charge in [0.05, 0.1) is 6.04 Å². The predicted molar refractivity (Wildman–Crippen MR) is 56.6 cm³/mol. The normalized spacial score (nSPS) is 14.6. The third kappa shape index (κ3) is 2.07. The van der Waals surface area contributed by atoms with Crippen LogP contribution in [0.3, 0.4) is 0 Å². The molecule has 1 unspecified atom stereocenters. The number of ether oxygens (including phenoxy) is 2. The lowest BCUT2D eigenvalue weighted by Gasteiger charge is -2.09. The summed E-state index contributed by atoms with van der Waals surface area (Å²) in [5.74, 6) is 5.99. The van der Waals surface area contributed by atoms with Crippen LogP contribution in [-0.2, 0) is 11.2 Å². The monoisotopic (exact) mass is 223 g/mol. The second kappa shape index (κ2) is 4.38.